The number of aromatic nitrogens is 2. The Morgan fingerprint density at radius 1 is 1.06 bits per heavy atom. The molecule has 2 heterocycles. The van der Waals surface area contributed by atoms with Crippen molar-refractivity contribution in [1.82, 2.24) is 14.9 Å². The molecule has 2 aromatic carbocycles. The molecule has 0 saturated carbocycles. The molecule has 0 spiro atoms. The SMILES string of the molecule is CC(C)COc1ccc(C(=O)NC(C(=O)c2ccc(F)cc2)n2cc3ccoc3nc2=O)cc1. The third-order valence-electron chi connectivity index (χ3n) is 4.99. The van der Waals surface area contributed by atoms with Crippen LogP contribution in [-0.2, 0) is 0 Å². The van der Waals surface area contributed by atoms with Crippen LogP contribution in [0.4, 0.5) is 4.39 Å². The van der Waals surface area contributed by atoms with Crippen molar-refractivity contribution in [2.24, 2.45) is 5.92 Å². The van der Waals surface area contributed by atoms with E-state index in [9.17, 15) is 18.8 Å². The fourth-order valence-corrected chi connectivity index (χ4v) is 3.24. The number of amides is 1. The fourth-order valence-electron chi connectivity index (χ4n) is 3.24. The Bertz CT molecular complexity index is 1370. The summed E-state index contributed by atoms with van der Waals surface area (Å²) in [5, 5.41) is 3.07. The molecular formula is C25H22FN3O5. The minimum absolute atomic E-state index is 0.109. The van der Waals surface area contributed by atoms with Crippen LogP contribution in [0.25, 0.3) is 11.1 Å². The van der Waals surface area contributed by atoms with Gasteiger partial charge >= 0.3 is 5.69 Å². The summed E-state index contributed by atoms with van der Waals surface area (Å²) in [5.74, 6) is -0.765. The van der Waals surface area contributed by atoms with Crippen LogP contribution < -0.4 is 15.7 Å². The molecule has 4 rings (SSSR count). The highest BCUT2D eigenvalue weighted by molar-refractivity contribution is 6.03. The van der Waals surface area contributed by atoms with Crippen molar-refractivity contribution in [2.45, 2.75) is 20.0 Å². The fraction of sp³-hybridized carbons (Fsp3) is 0.200. The highest BCUT2D eigenvalue weighted by Gasteiger charge is 2.26. The Labute approximate surface area is 194 Å². The van der Waals surface area contributed by atoms with Gasteiger partial charge in [0.2, 0.25) is 11.5 Å². The number of carbonyl (C=O) groups excluding carboxylic acids is 2. The van der Waals surface area contributed by atoms with Crippen LogP contribution in [0.5, 0.6) is 5.75 Å². The zero-order valence-electron chi connectivity index (χ0n) is 18.5. The van der Waals surface area contributed by atoms with Gasteiger partial charge in [-0.1, -0.05) is 13.8 Å². The topological polar surface area (TPSA) is 103 Å². The van der Waals surface area contributed by atoms with Gasteiger partial charge in [-0.3, -0.25) is 14.2 Å². The van der Waals surface area contributed by atoms with Gasteiger partial charge in [-0.15, -0.1) is 0 Å². The van der Waals surface area contributed by atoms with Crippen molar-refractivity contribution in [2.75, 3.05) is 6.61 Å². The first-order chi connectivity index (χ1) is 16.3. The Morgan fingerprint density at radius 3 is 2.41 bits per heavy atom. The van der Waals surface area contributed by atoms with Crippen LogP contribution in [0.15, 0.2) is 76.3 Å². The second-order valence-electron chi connectivity index (χ2n) is 8.09. The molecule has 9 heteroatoms. The highest BCUT2D eigenvalue weighted by atomic mass is 19.1. The zero-order chi connectivity index (χ0) is 24.2. The number of rotatable bonds is 8. The third kappa shape index (κ3) is 5.03. The molecule has 0 radical (unpaired) electrons. The number of ketones is 1. The molecule has 1 N–H and O–H groups in total. The Morgan fingerprint density at radius 2 is 1.74 bits per heavy atom. The van der Waals surface area contributed by atoms with Gasteiger partial charge in [-0.05, 0) is 60.5 Å². The summed E-state index contributed by atoms with van der Waals surface area (Å²) >= 11 is 0. The molecule has 1 atom stereocenters. The van der Waals surface area contributed by atoms with E-state index in [1.165, 1.54) is 24.6 Å². The average molecular weight is 463 g/mol. The first-order valence-electron chi connectivity index (χ1n) is 10.6. The molecule has 8 nitrogen and oxygen atoms in total. The number of halogens is 1. The predicted octanol–water partition coefficient (Wildman–Crippen LogP) is 3.97. The number of Topliss-reactive ketones (excluding diaryl/α,β-unsaturated/α-hetero) is 1. The zero-order valence-corrected chi connectivity index (χ0v) is 18.5. The van der Waals surface area contributed by atoms with E-state index in [0.29, 0.717) is 23.7 Å². The van der Waals surface area contributed by atoms with Gasteiger partial charge < -0.3 is 14.5 Å². The maximum atomic E-state index is 13.4. The van der Waals surface area contributed by atoms with E-state index in [-0.39, 0.29) is 16.8 Å². The van der Waals surface area contributed by atoms with Crippen LogP contribution in [0, 0.1) is 11.7 Å². The Balaban J connectivity index is 1.65. The number of benzene rings is 2. The summed E-state index contributed by atoms with van der Waals surface area (Å²) in [6.45, 7) is 4.59. The third-order valence-corrected chi connectivity index (χ3v) is 4.99. The normalized spacial score (nSPS) is 12.0. The smallest absolute Gasteiger partial charge is 0.353 e. The van der Waals surface area contributed by atoms with Crippen LogP contribution in [-0.4, -0.2) is 27.8 Å². The molecule has 0 aliphatic heterocycles. The lowest BCUT2D eigenvalue weighted by molar-refractivity contribution is 0.0812. The van der Waals surface area contributed by atoms with Gasteiger partial charge in [-0.2, -0.15) is 4.98 Å². The van der Waals surface area contributed by atoms with E-state index in [1.54, 1.807) is 30.3 Å². The van der Waals surface area contributed by atoms with Crippen LogP contribution >= 0.6 is 0 Å². The molecule has 1 amide bonds. The van der Waals surface area contributed by atoms with Gasteiger partial charge in [-0.25, -0.2) is 9.18 Å². The lowest BCUT2D eigenvalue weighted by atomic mass is 10.1. The van der Waals surface area contributed by atoms with Crippen molar-refractivity contribution in [1.29, 1.82) is 0 Å². The molecular weight excluding hydrogens is 441 g/mol. The molecule has 34 heavy (non-hydrogen) atoms. The lowest BCUT2D eigenvalue weighted by Crippen LogP contribution is -2.42. The van der Waals surface area contributed by atoms with Gasteiger partial charge in [0, 0.05) is 17.3 Å². The van der Waals surface area contributed by atoms with E-state index in [2.05, 4.69) is 10.3 Å². The first kappa shape index (κ1) is 22.9. The largest absolute Gasteiger partial charge is 0.493 e. The minimum atomic E-state index is -1.42. The molecule has 0 aliphatic rings. The number of nitrogens with zero attached hydrogens (tertiary/aromatic N) is 2. The number of hydrogen-bond acceptors (Lipinski definition) is 6. The summed E-state index contributed by atoms with van der Waals surface area (Å²) in [7, 11) is 0. The van der Waals surface area contributed by atoms with Gasteiger partial charge in [0.15, 0.2) is 6.17 Å². The quantitative estimate of drug-likeness (QED) is 0.397. The van der Waals surface area contributed by atoms with E-state index >= 15 is 0 Å². The molecule has 1 unspecified atom stereocenters. The summed E-state index contributed by atoms with van der Waals surface area (Å²) < 4.78 is 25.2. The molecule has 0 aliphatic carbocycles. The predicted molar refractivity (Wildman–Crippen MR) is 122 cm³/mol. The number of hydrogen-bond donors (Lipinski definition) is 1. The number of furan rings is 1. The molecule has 0 fully saturated rings. The average Bonchev–Trinajstić information content (AvgIpc) is 3.28. The number of nitrogens with one attached hydrogen (secondary N) is 1. The van der Waals surface area contributed by atoms with E-state index in [0.717, 1.165) is 16.7 Å². The number of ether oxygens (including phenoxy) is 1. The maximum absolute atomic E-state index is 13.4. The summed E-state index contributed by atoms with van der Waals surface area (Å²) in [5.41, 5.74) is -0.305. The number of carbonyl (C=O) groups is 2. The first-order valence-corrected chi connectivity index (χ1v) is 10.6. The van der Waals surface area contributed by atoms with E-state index in [4.69, 9.17) is 9.15 Å². The minimum Gasteiger partial charge on any atom is -0.493 e. The Kier molecular flexibility index (Phi) is 6.53. The maximum Gasteiger partial charge on any atom is 0.353 e. The van der Waals surface area contributed by atoms with Crippen molar-refractivity contribution >= 4 is 22.8 Å². The Hall–Kier alpha value is -4.27. The van der Waals surface area contributed by atoms with Crippen molar-refractivity contribution in [3.8, 4) is 5.75 Å². The van der Waals surface area contributed by atoms with Gasteiger partial charge in [0.25, 0.3) is 5.91 Å². The molecule has 0 bridgehead atoms. The monoisotopic (exact) mass is 463 g/mol. The van der Waals surface area contributed by atoms with Crippen molar-refractivity contribution < 1.29 is 23.1 Å². The molecule has 0 saturated heterocycles. The lowest BCUT2D eigenvalue weighted by Gasteiger charge is -2.20. The highest BCUT2D eigenvalue weighted by Crippen LogP contribution is 2.18. The van der Waals surface area contributed by atoms with Gasteiger partial charge in [0.1, 0.15) is 11.6 Å². The van der Waals surface area contributed by atoms with Crippen LogP contribution in [0.2, 0.25) is 0 Å². The van der Waals surface area contributed by atoms with Crippen LogP contribution in [0.1, 0.15) is 40.7 Å². The standard InChI is InChI=1S/C25H22FN3O5/c1-15(2)14-34-20-9-5-17(6-10-20)23(31)27-22(21(30)16-3-7-19(26)8-4-16)29-13-18-11-12-33-24(18)28-25(29)32/h3-13,15,22H,14H2,1-2H3,(H,27,31). The summed E-state index contributed by atoms with van der Waals surface area (Å²) in [6.07, 6.45) is 1.32. The molecule has 4 aromatic rings. The van der Waals surface area contributed by atoms with Crippen molar-refractivity contribution in [3.63, 3.8) is 0 Å². The van der Waals surface area contributed by atoms with Crippen LogP contribution in [0.3, 0.4) is 0 Å². The second-order valence-corrected chi connectivity index (χ2v) is 8.09. The van der Waals surface area contributed by atoms with E-state index < -0.39 is 29.4 Å². The summed E-state index contributed by atoms with van der Waals surface area (Å²) in [6, 6.07) is 12.8. The summed E-state index contributed by atoms with van der Waals surface area (Å²) in [4.78, 5) is 42.8. The van der Waals surface area contributed by atoms with Gasteiger partial charge in [0.05, 0.1) is 18.3 Å². The molecule has 174 valence electrons. The second kappa shape index (κ2) is 9.70. The van der Waals surface area contributed by atoms with Crippen molar-refractivity contribution in [3.05, 3.63) is 94.5 Å². The molecule has 2 aromatic heterocycles. The number of fused-ring (bicyclic) bond motifs is 1. The van der Waals surface area contributed by atoms with E-state index in [1.807, 2.05) is 13.8 Å².